The first-order valence-electron chi connectivity index (χ1n) is 4.88. The first-order chi connectivity index (χ1) is 7.78. The second-order valence-corrected chi connectivity index (χ2v) is 3.72. The molecular weight excluding hydrogens is 224 g/mol. The molecule has 5 heteroatoms. The summed E-state index contributed by atoms with van der Waals surface area (Å²) in [7, 11) is 1.21. The molecule has 0 saturated heterocycles. The van der Waals surface area contributed by atoms with Gasteiger partial charge in [0.05, 0.1) is 7.11 Å². The summed E-state index contributed by atoms with van der Waals surface area (Å²) in [5.41, 5.74) is -0.695. The number of rotatable bonds is 3. The molecule has 17 heavy (non-hydrogen) atoms. The number of methoxy groups -OCH3 is 1. The molecule has 0 amide bonds. The number of ether oxygens (including phenoxy) is 3. The van der Waals surface area contributed by atoms with Crippen molar-refractivity contribution in [2.24, 2.45) is 0 Å². The summed E-state index contributed by atoms with van der Waals surface area (Å²) in [6.07, 6.45) is -0.816. The van der Waals surface area contributed by atoms with Crippen LogP contribution < -0.4 is 0 Å². The summed E-state index contributed by atoms with van der Waals surface area (Å²) in [6, 6.07) is 0. The van der Waals surface area contributed by atoms with Gasteiger partial charge in [0.15, 0.2) is 12.2 Å². The maximum atomic E-state index is 11.0. The summed E-state index contributed by atoms with van der Waals surface area (Å²) in [6.45, 7) is 8.07. The molecule has 0 aromatic rings. The minimum Gasteiger partial charge on any atom is -0.449 e. The lowest BCUT2D eigenvalue weighted by molar-refractivity contribution is -0.137. The lowest BCUT2D eigenvalue weighted by Crippen LogP contribution is -2.26. The van der Waals surface area contributed by atoms with Gasteiger partial charge < -0.3 is 14.2 Å². The number of hydrogen-bond acceptors (Lipinski definition) is 5. The summed E-state index contributed by atoms with van der Waals surface area (Å²) in [4.78, 5) is 21.8. The summed E-state index contributed by atoms with van der Waals surface area (Å²) >= 11 is 0. The molecule has 94 valence electrons. The molecule has 0 bridgehead atoms. The van der Waals surface area contributed by atoms with Crippen molar-refractivity contribution in [3.63, 3.8) is 0 Å². The SMILES string of the molecule is C=C(C)C(=O)OCC#CC(C)(C)OC(=O)OC. The van der Waals surface area contributed by atoms with E-state index in [1.54, 1.807) is 20.8 Å². The minimum absolute atomic E-state index is 0.0837. The molecule has 0 spiro atoms. The van der Waals surface area contributed by atoms with Crippen molar-refractivity contribution in [3.8, 4) is 11.8 Å². The highest BCUT2D eigenvalue weighted by Gasteiger charge is 2.20. The van der Waals surface area contributed by atoms with Gasteiger partial charge in [0.1, 0.15) is 0 Å². The molecule has 0 aliphatic heterocycles. The second kappa shape index (κ2) is 6.59. The predicted octanol–water partition coefficient (Wildman–Crippen LogP) is 1.67. The molecule has 0 fully saturated rings. The van der Waals surface area contributed by atoms with Gasteiger partial charge in [-0.3, -0.25) is 0 Å². The smallest absolute Gasteiger partial charge is 0.449 e. The van der Waals surface area contributed by atoms with Crippen LogP contribution >= 0.6 is 0 Å². The first-order valence-corrected chi connectivity index (χ1v) is 4.88. The van der Waals surface area contributed by atoms with Crippen molar-refractivity contribution in [1.29, 1.82) is 0 Å². The van der Waals surface area contributed by atoms with Crippen LogP contribution in [0.25, 0.3) is 0 Å². The van der Waals surface area contributed by atoms with E-state index in [4.69, 9.17) is 9.47 Å². The van der Waals surface area contributed by atoms with Crippen LogP contribution in [-0.4, -0.2) is 31.4 Å². The van der Waals surface area contributed by atoms with Gasteiger partial charge in [-0.15, -0.1) is 0 Å². The average molecular weight is 240 g/mol. The molecule has 0 rings (SSSR count). The maximum Gasteiger partial charge on any atom is 0.509 e. The highest BCUT2D eigenvalue weighted by molar-refractivity contribution is 5.87. The third-order valence-corrected chi connectivity index (χ3v) is 1.52. The molecule has 5 nitrogen and oxygen atoms in total. The largest absolute Gasteiger partial charge is 0.509 e. The Morgan fingerprint density at radius 1 is 1.35 bits per heavy atom. The molecule has 0 aromatic heterocycles. The molecule has 0 aromatic carbocycles. The molecule has 0 N–H and O–H groups in total. The van der Waals surface area contributed by atoms with E-state index in [0.717, 1.165) is 0 Å². The van der Waals surface area contributed by atoms with Crippen LogP contribution in [-0.2, 0) is 19.0 Å². The molecule has 0 aliphatic rings. The number of esters is 1. The summed E-state index contributed by atoms with van der Waals surface area (Å²) in [5.74, 6) is 4.70. The Balaban J connectivity index is 4.20. The zero-order valence-corrected chi connectivity index (χ0v) is 10.5. The number of carbonyl (C=O) groups excluding carboxylic acids is 2. The van der Waals surface area contributed by atoms with Crippen molar-refractivity contribution in [3.05, 3.63) is 12.2 Å². The minimum atomic E-state index is -0.997. The fraction of sp³-hybridized carbons (Fsp3) is 0.500. The van der Waals surface area contributed by atoms with Crippen LogP contribution in [0.2, 0.25) is 0 Å². The van der Waals surface area contributed by atoms with E-state index in [0.29, 0.717) is 5.57 Å². The van der Waals surface area contributed by atoms with E-state index in [2.05, 4.69) is 23.2 Å². The topological polar surface area (TPSA) is 61.8 Å². The molecule has 0 unspecified atom stereocenters. The zero-order chi connectivity index (χ0) is 13.5. The summed E-state index contributed by atoms with van der Waals surface area (Å²) in [5, 5.41) is 0. The van der Waals surface area contributed by atoms with Gasteiger partial charge in [-0.25, -0.2) is 9.59 Å². The summed E-state index contributed by atoms with van der Waals surface area (Å²) < 4.78 is 13.9. The maximum absolute atomic E-state index is 11.0. The Morgan fingerprint density at radius 2 is 1.94 bits per heavy atom. The Labute approximate surface area is 101 Å². The van der Waals surface area contributed by atoms with Crippen LogP contribution in [0.15, 0.2) is 12.2 Å². The highest BCUT2D eigenvalue weighted by Crippen LogP contribution is 2.08. The van der Waals surface area contributed by atoms with Gasteiger partial charge in [0.2, 0.25) is 0 Å². The third kappa shape index (κ3) is 7.01. The van der Waals surface area contributed by atoms with E-state index in [9.17, 15) is 9.59 Å². The molecule has 0 atom stereocenters. The predicted molar refractivity (Wildman–Crippen MR) is 61.1 cm³/mol. The Bertz CT molecular complexity index is 370. The lowest BCUT2D eigenvalue weighted by Gasteiger charge is -2.17. The van der Waals surface area contributed by atoms with E-state index >= 15 is 0 Å². The zero-order valence-electron chi connectivity index (χ0n) is 10.5. The normalized spacial score (nSPS) is 9.65. The number of carbonyl (C=O) groups is 2. The van der Waals surface area contributed by atoms with E-state index < -0.39 is 17.7 Å². The fourth-order valence-corrected chi connectivity index (χ4v) is 0.749. The highest BCUT2D eigenvalue weighted by atomic mass is 16.7. The van der Waals surface area contributed by atoms with Crippen LogP contribution in [0.1, 0.15) is 20.8 Å². The van der Waals surface area contributed by atoms with Crippen LogP contribution in [0.3, 0.4) is 0 Å². The first kappa shape index (κ1) is 15.0. The Kier molecular flexibility index (Phi) is 5.83. The van der Waals surface area contributed by atoms with Gasteiger partial charge in [-0.1, -0.05) is 18.4 Å². The van der Waals surface area contributed by atoms with Crippen LogP contribution in [0.4, 0.5) is 4.79 Å². The quantitative estimate of drug-likeness (QED) is 0.426. The number of hydrogen-bond donors (Lipinski definition) is 0. The fourth-order valence-electron chi connectivity index (χ4n) is 0.749. The van der Waals surface area contributed by atoms with Crippen LogP contribution in [0, 0.1) is 11.8 Å². The Hall–Kier alpha value is -1.96. The van der Waals surface area contributed by atoms with Crippen LogP contribution in [0.5, 0.6) is 0 Å². The lowest BCUT2D eigenvalue weighted by atomic mass is 10.1. The van der Waals surface area contributed by atoms with E-state index in [-0.39, 0.29) is 6.61 Å². The molecule has 0 saturated carbocycles. The van der Waals surface area contributed by atoms with E-state index in [1.807, 2.05) is 0 Å². The van der Waals surface area contributed by atoms with Gasteiger partial charge in [-0.2, -0.15) is 0 Å². The van der Waals surface area contributed by atoms with Crippen molar-refractivity contribution in [2.45, 2.75) is 26.4 Å². The van der Waals surface area contributed by atoms with Crippen molar-refractivity contribution in [2.75, 3.05) is 13.7 Å². The third-order valence-electron chi connectivity index (χ3n) is 1.52. The van der Waals surface area contributed by atoms with Crippen molar-refractivity contribution in [1.82, 2.24) is 0 Å². The molecule has 0 heterocycles. The monoisotopic (exact) mass is 240 g/mol. The Morgan fingerprint density at radius 3 is 2.41 bits per heavy atom. The standard InChI is InChI=1S/C12H16O5/c1-9(2)10(13)16-8-6-7-12(3,4)17-11(14)15-5/h1,8H2,2-5H3. The van der Waals surface area contributed by atoms with Gasteiger partial charge in [0, 0.05) is 5.57 Å². The van der Waals surface area contributed by atoms with Crippen molar-refractivity contribution >= 4 is 12.1 Å². The molecule has 0 aliphatic carbocycles. The van der Waals surface area contributed by atoms with Gasteiger partial charge >= 0.3 is 12.1 Å². The molecule has 0 radical (unpaired) electrons. The van der Waals surface area contributed by atoms with E-state index in [1.165, 1.54) is 7.11 Å². The van der Waals surface area contributed by atoms with Crippen molar-refractivity contribution < 1.29 is 23.8 Å². The second-order valence-electron chi connectivity index (χ2n) is 3.72. The molecular formula is C12H16O5. The van der Waals surface area contributed by atoms with Gasteiger partial charge in [-0.05, 0) is 20.8 Å². The average Bonchev–Trinajstić information content (AvgIpc) is 2.23. The van der Waals surface area contributed by atoms with Gasteiger partial charge in [0.25, 0.3) is 0 Å².